The zero-order valence-corrected chi connectivity index (χ0v) is 19.8. The highest BCUT2D eigenvalue weighted by Gasteiger charge is 2.35. The zero-order chi connectivity index (χ0) is 20.5. The highest BCUT2D eigenvalue weighted by molar-refractivity contribution is 9.10. The Morgan fingerprint density at radius 2 is 2.03 bits per heavy atom. The van der Waals surface area contributed by atoms with Crippen LogP contribution in [0, 0.1) is 5.92 Å². The zero-order valence-electron chi connectivity index (χ0n) is 15.9. The van der Waals surface area contributed by atoms with Gasteiger partial charge in [-0.05, 0) is 59.0 Å². The molecule has 5 nitrogen and oxygen atoms in total. The van der Waals surface area contributed by atoms with Gasteiger partial charge in [0.1, 0.15) is 5.71 Å². The SMILES string of the molecule is CC1CCN(NC(=O)C2=NN(c3ccc(Cl)cc3Cl)C(c3cc(Br)cs3)C2)CC1. The number of rotatable bonds is 4. The second-order valence-corrected chi connectivity index (χ2v) is 10.2. The van der Waals surface area contributed by atoms with Crippen LogP contribution in [0.2, 0.25) is 10.0 Å². The Morgan fingerprint density at radius 3 is 2.69 bits per heavy atom. The smallest absolute Gasteiger partial charge is 0.281 e. The van der Waals surface area contributed by atoms with Crippen molar-refractivity contribution in [1.29, 1.82) is 0 Å². The van der Waals surface area contributed by atoms with Crippen LogP contribution in [0.5, 0.6) is 0 Å². The number of hydrogen-bond donors (Lipinski definition) is 1. The molecule has 0 aliphatic carbocycles. The molecule has 1 amide bonds. The molecule has 2 aliphatic rings. The van der Waals surface area contributed by atoms with Gasteiger partial charge in [0.15, 0.2) is 0 Å². The summed E-state index contributed by atoms with van der Waals surface area (Å²) in [6.45, 7) is 3.99. The van der Waals surface area contributed by atoms with Gasteiger partial charge in [-0.25, -0.2) is 5.01 Å². The molecule has 1 saturated heterocycles. The molecule has 9 heteroatoms. The van der Waals surface area contributed by atoms with Crippen molar-refractivity contribution in [3.8, 4) is 0 Å². The summed E-state index contributed by atoms with van der Waals surface area (Å²) in [5.41, 5.74) is 4.27. The fraction of sp³-hybridized carbons (Fsp3) is 0.400. The number of carbonyl (C=O) groups is 1. The molecule has 154 valence electrons. The fourth-order valence-corrected chi connectivity index (χ4v) is 5.62. The van der Waals surface area contributed by atoms with Crippen LogP contribution in [0.1, 0.15) is 37.1 Å². The van der Waals surface area contributed by atoms with Crippen molar-refractivity contribution in [2.45, 2.75) is 32.2 Å². The van der Waals surface area contributed by atoms with Gasteiger partial charge in [0.25, 0.3) is 5.91 Å². The maximum absolute atomic E-state index is 12.9. The molecule has 1 aromatic heterocycles. The van der Waals surface area contributed by atoms with E-state index in [0.29, 0.717) is 28.1 Å². The molecule has 0 spiro atoms. The van der Waals surface area contributed by atoms with Gasteiger partial charge in [0.05, 0.1) is 16.8 Å². The average Bonchev–Trinajstić information content (AvgIpc) is 3.30. The summed E-state index contributed by atoms with van der Waals surface area (Å²) in [5, 5.41) is 11.6. The number of nitrogens with zero attached hydrogens (tertiary/aromatic N) is 3. The molecule has 3 heterocycles. The van der Waals surface area contributed by atoms with Crippen LogP contribution in [0.25, 0.3) is 0 Å². The molecule has 1 unspecified atom stereocenters. The van der Waals surface area contributed by atoms with E-state index in [0.717, 1.165) is 41.0 Å². The van der Waals surface area contributed by atoms with Crippen molar-refractivity contribution in [3.63, 3.8) is 0 Å². The Hall–Kier alpha value is -1.12. The van der Waals surface area contributed by atoms with Crippen LogP contribution in [0.3, 0.4) is 0 Å². The molecule has 29 heavy (non-hydrogen) atoms. The Labute approximate surface area is 192 Å². The minimum atomic E-state index is -0.146. The predicted molar refractivity (Wildman–Crippen MR) is 124 cm³/mol. The highest BCUT2D eigenvalue weighted by Crippen LogP contribution is 2.42. The first-order chi connectivity index (χ1) is 13.9. The number of anilines is 1. The van der Waals surface area contributed by atoms with Gasteiger partial charge in [-0.3, -0.25) is 15.2 Å². The summed E-state index contributed by atoms with van der Waals surface area (Å²) in [7, 11) is 0. The van der Waals surface area contributed by atoms with Crippen molar-refractivity contribution >= 4 is 67.8 Å². The van der Waals surface area contributed by atoms with Crippen LogP contribution in [-0.4, -0.2) is 29.7 Å². The summed E-state index contributed by atoms with van der Waals surface area (Å²) < 4.78 is 1.01. The standard InChI is InChI=1S/C20H21BrCl2N4OS/c1-12-4-6-26(7-5-12)25-20(28)16-10-18(19-8-13(21)11-29-19)27(24-16)17-3-2-14(22)9-15(17)23/h2-3,8-9,11-12,18H,4-7,10H2,1H3,(H,25,28). The van der Waals surface area contributed by atoms with Gasteiger partial charge >= 0.3 is 0 Å². The number of thiophene rings is 1. The number of halogens is 3. The van der Waals surface area contributed by atoms with Crippen molar-refractivity contribution in [2.24, 2.45) is 11.0 Å². The molecule has 0 saturated carbocycles. The van der Waals surface area contributed by atoms with Crippen molar-refractivity contribution in [2.75, 3.05) is 18.1 Å². The monoisotopic (exact) mass is 514 g/mol. The number of carbonyl (C=O) groups excluding carboxylic acids is 1. The number of amides is 1. The summed E-state index contributed by atoms with van der Waals surface area (Å²) in [4.78, 5) is 14.0. The summed E-state index contributed by atoms with van der Waals surface area (Å²) >= 11 is 17.7. The quantitative estimate of drug-likeness (QED) is 0.552. The molecular weight excluding hydrogens is 495 g/mol. The first-order valence-corrected chi connectivity index (χ1v) is 11.9. The summed E-state index contributed by atoms with van der Waals surface area (Å²) in [5.74, 6) is 0.559. The van der Waals surface area contributed by atoms with Gasteiger partial charge in [0.2, 0.25) is 0 Å². The molecule has 1 fully saturated rings. The third-order valence-corrected chi connectivity index (χ3v) is 7.62. The van der Waals surface area contributed by atoms with Crippen molar-refractivity contribution < 1.29 is 4.79 Å². The Bertz CT molecular complexity index is 942. The van der Waals surface area contributed by atoms with E-state index in [1.165, 1.54) is 0 Å². The third kappa shape index (κ3) is 4.80. The second-order valence-electron chi connectivity index (χ2n) is 7.48. The van der Waals surface area contributed by atoms with Gasteiger partial charge in [0, 0.05) is 39.3 Å². The molecule has 1 atom stereocenters. The molecule has 0 radical (unpaired) electrons. The fourth-order valence-electron chi connectivity index (χ4n) is 3.59. The number of hydrazone groups is 1. The van der Waals surface area contributed by atoms with Crippen LogP contribution in [-0.2, 0) is 4.79 Å². The van der Waals surface area contributed by atoms with Gasteiger partial charge in [-0.15, -0.1) is 11.3 Å². The minimum Gasteiger partial charge on any atom is -0.284 e. The minimum absolute atomic E-state index is 0.0906. The van der Waals surface area contributed by atoms with E-state index < -0.39 is 0 Å². The molecule has 2 aromatic rings. The molecular formula is C20H21BrCl2N4OS. The van der Waals surface area contributed by atoms with E-state index in [4.69, 9.17) is 23.2 Å². The molecule has 1 N–H and O–H groups in total. The van der Waals surface area contributed by atoms with E-state index >= 15 is 0 Å². The highest BCUT2D eigenvalue weighted by atomic mass is 79.9. The predicted octanol–water partition coefficient (Wildman–Crippen LogP) is 5.89. The number of nitrogens with one attached hydrogen (secondary N) is 1. The molecule has 4 rings (SSSR count). The van der Waals surface area contributed by atoms with Gasteiger partial charge < -0.3 is 0 Å². The van der Waals surface area contributed by atoms with Crippen molar-refractivity contribution in [3.05, 3.63) is 49.0 Å². The number of hydrogen-bond acceptors (Lipinski definition) is 5. The van der Waals surface area contributed by atoms with Crippen LogP contribution < -0.4 is 10.4 Å². The van der Waals surface area contributed by atoms with E-state index in [1.807, 2.05) is 21.5 Å². The van der Waals surface area contributed by atoms with Crippen LogP contribution >= 0.6 is 50.5 Å². The van der Waals surface area contributed by atoms with Crippen molar-refractivity contribution in [1.82, 2.24) is 10.4 Å². The first kappa shape index (κ1) is 21.1. The van der Waals surface area contributed by atoms with E-state index in [-0.39, 0.29) is 11.9 Å². The number of hydrazine groups is 1. The maximum Gasteiger partial charge on any atom is 0.281 e. The topological polar surface area (TPSA) is 47.9 Å². The summed E-state index contributed by atoms with van der Waals surface area (Å²) in [6, 6.07) is 7.30. The number of benzene rings is 1. The molecule has 0 bridgehead atoms. The van der Waals surface area contributed by atoms with E-state index in [9.17, 15) is 4.79 Å². The lowest BCUT2D eigenvalue weighted by Gasteiger charge is -2.30. The average molecular weight is 516 g/mol. The van der Waals surface area contributed by atoms with Crippen LogP contribution in [0.4, 0.5) is 5.69 Å². The molecule has 1 aromatic carbocycles. The third-order valence-electron chi connectivity index (χ3n) is 5.29. The Balaban J connectivity index is 1.58. The number of piperidine rings is 1. The lowest BCUT2D eigenvalue weighted by molar-refractivity contribution is -0.120. The Kier molecular flexibility index (Phi) is 6.51. The van der Waals surface area contributed by atoms with Gasteiger partial charge in [-0.2, -0.15) is 5.10 Å². The normalized spacial score (nSPS) is 20.8. The molecule has 2 aliphatic heterocycles. The second kappa shape index (κ2) is 8.94. The van der Waals surface area contributed by atoms with E-state index in [2.05, 4.69) is 39.4 Å². The Morgan fingerprint density at radius 1 is 1.28 bits per heavy atom. The van der Waals surface area contributed by atoms with E-state index in [1.54, 1.807) is 23.5 Å². The lowest BCUT2D eigenvalue weighted by Crippen LogP contribution is -2.48. The summed E-state index contributed by atoms with van der Waals surface area (Å²) in [6.07, 6.45) is 2.69. The first-order valence-electron chi connectivity index (χ1n) is 9.52. The lowest BCUT2D eigenvalue weighted by atomic mass is 10.0. The van der Waals surface area contributed by atoms with Crippen LogP contribution in [0.15, 0.2) is 39.2 Å². The van der Waals surface area contributed by atoms with Gasteiger partial charge in [-0.1, -0.05) is 30.1 Å². The maximum atomic E-state index is 12.9. The largest absolute Gasteiger partial charge is 0.284 e.